The van der Waals surface area contributed by atoms with Crippen LogP contribution in [-0.2, 0) is 14.9 Å². The molecule has 1 N–H and O–H groups in total. The van der Waals surface area contributed by atoms with E-state index in [1.807, 2.05) is 36.4 Å². The first kappa shape index (κ1) is 17.5. The van der Waals surface area contributed by atoms with Crippen molar-refractivity contribution in [2.24, 2.45) is 0 Å². The summed E-state index contributed by atoms with van der Waals surface area (Å²) in [5.41, 5.74) is 1.19. The second kappa shape index (κ2) is 8.17. The molecule has 1 aliphatic heterocycles. The van der Waals surface area contributed by atoms with Crippen LogP contribution in [0.3, 0.4) is 0 Å². The summed E-state index contributed by atoms with van der Waals surface area (Å²) in [5.74, 6) is 0.611. The minimum absolute atomic E-state index is 0.0678. The summed E-state index contributed by atoms with van der Waals surface area (Å²) >= 11 is 0. The van der Waals surface area contributed by atoms with E-state index in [0.29, 0.717) is 12.3 Å². The molecule has 25 heavy (non-hydrogen) atoms. The number of amides is 1. The molecule has 0 unspecified atom stereocenters. The molecular formula is C21H25NO3. The lowest BCUT2D eigenvalue weighted by molar-refractivity contribution is -0.127. The highest BCUT2D eigenvalue weighted by Crippen LogP contribution is 2.34. The Morgan fingerprint density at radius 2 is 1.68 bits per heavy atom. The molecule has 0 bridgehead atoms. The van der Waals surface area contributed by atoms with Crippen LogP contribution in [0.1, 0.15) is 25.3 Å². The minimum atomic E-state index is -0.532. The number of hydrogen-bond acceptors (Lipinski definition) is 3. The quantitative estimate of drug-likeness (QED) is 0.878. The van der Waals surface area contributed by atoms with Crippen LogP contribution < -0.4 is 10.1 Å². The Hall–Kier alpha value is -2.33. The summed E-state index contributed by atoms with van der Waals surface area (Å²) < 4.78 is 11.3. The zero-order valence-corrected chi connectivity index (χ0v) is 14.6. The fraction of sp³-hybridized carbons (Fsp3) is 0.381. The Labute approximate surface area is 149 Å². The lowest BCUT2D eigenvalue weighted by Crippen LogP contribution is -2.47. The van der Waals surface area contributed by atoms with Gasteiger partial charge in [-0.25, -0.2) is 0 Å². The molecule has 1 fully saturated rings. The number of benzene rings is 2. The second-order valence-electron chi connectivity index (χ2n) is 6.55. The van der Waals surface area contributed by atoms with Gasteiger partial charge in [0.1, 0.15) is 5.75 Å². The number of ether oxygens (including phenoxy) is 2. The normalized spacial score (nSPS) is 17.5. The molecule has 3 rings (SSSR count). The fourth-order valence-corrected chi connectivity index (χ4v) is 3.28. The maximum Gasteiger partial charge on any atom is 0.260 e. The largest absolute Gasteiger partial charge is 0.481 e. The predicted octanol–water partition coefficient (Wildman–Crippen LogP) is 3.32. The lowest BCUT2D eigenvalue weighted by atomic mass is 9.74. The smallest absolute Gasteiger partial charge is 0.260 e. The molecule has 2 aromatic rings. The van der Waals surface area contributed by atoms with Gasteiger partial charge in [-0.05, 0) is 37.5 Å². The molecule has 0 saturated carbocycles. The van der Waals surface area contributed by atoms with Crippen molar-refractivity contribution in [1.82, 2.24) is 5.32 Å². The maximum atomic E-state index is 12.5. The van der Waals surface area contributed by atoms with Gasteiger partial charge < -0.3 is 14.8 Å². The minimum Gasteiger partial charge on any atom is -0.481 e. The SMILES string of the molecule is C[C@@H](Oc1ccccc1)C(=O)NCC1(c2ccccc2)CCOCC1. The third kappa shape index (κ3) is 4.40. The molecule has 1 saturated heterocycles. The third-order valence-electron chi connectivity index (χ3n) is 4.86. The summed E-state index contributed by atoms with van der Waals surface area (Å²) in [6.45, 7) is 3.82. The van der Waals surface area contributed by atoms with Crippen molar-refractivity contribution in [3.05, 3.63) is 66.2 Å². The van der Waals surface area contributed by atoms with E-state index in [1.54, 1.807) is 6.92 Å². The molecular weight excluding hydrogens is 314 g/mol. The average molecular weight is 339 g/mol. The molecule has 1 heterocycles. The Kier molecular flexibility index (Phi) is 5.71. The number of nitrogens with one attached hydrogen (secondary N) is 1. The van der Waals surface area contributed by atoms with Crippen molar-refractivity contribution in [3.63, 3.8) is 0 Å². The third-order valence-corrected chi connectivity index (χ3v) is 4.86. The van der Waals surface area contributed by atoms with E-state index < -0.39 is 6.10 Å². The average Bonchev–Trinajstić information content (AvgIpc) is 2.68. The molecule has 1 atom stereocenters. The highest BCUT2D eigenvalue weighted by Gasteiger charge is 2.35. The van der Waals surface area contributed by atoms with Crippen LogP contribution in [0.5, 0.6) is 5.75 Å². The van der Waals surface area contributed by atoms with Crippen LogP contribution in [0.15, 0.2) is 60.7 Å². The van der Waals surface area contributed by atoms with E-state index in [1.165, 1.54) is 5.56 Å². The summed E-state index contributed by atoms with van der Waals surface area (Å²) in [6, 6.07) is 19.8. The van der Waals surface area contributed by atoms with Crippen molar-refractivity contribution in [2.75, 3.05) is 19.8 Å². The Balaban J connectivity index is 1.64. The Morgan fingerprint density at radius 1 is 1.08 bits per heavy atom. The number of para-hydroxylation sites is 1. The van der Waals surface area contributed by atoms with Crippen molar-refractivity contribution in [2.45, 2.75) is 31.3 Å². The fourth-order valence-electron chi connectivity index (χ4n) is 3.28. The molecule has 0 radical (unpaired) electrons. The van der Waals surface area contributed by atoms with Crippen LogP contribution in [0, 0.1) is 0 Å². The lowest BCUT2D eigenvalue weighted by Gasteiger charge is -2.38. The first-order valence-electron chi connectivity index (χ1n) is 8.82. The molecule has 0 aromatic heterocycles. The van der Waals surface area contributed by atoms with Gasteiger partial charge in [0.25, 0.3) is 5.91 Å². The molecule has 2 aromatic carbocycles. The van der Waals surface area contributed by atoms with Crippen LogP contribution >= 0.6 is 0 Å². The first-order valence-corrected chi connectivity index (χ1v) is 8.82. The first-order chi connectivity index (χ1) is 12.2. The second-order valence-corrected chi connectivity index (χ2v) is 6.55. The predicted molar refractivity (Wildman–Crippen MR) is 97.7 cm³/mol. The monoisotopic (exact) mass is 339 g/mol. The maximum absolute atomic E-state index is 12.5. The highest BCUT2D eigenvalue weighted by atomic mass is 16.5. The van der Waals surface area contributed by atoms with Crippen molar-refractivity contribution in [1.29, 1.82) is 0 Å². The molecule has 4 nitrogen and oxygen atoms in total. The highest BCUT2D eigenvalue weighted by molar-refractivity contribution is 5.80. The van der Waals surface area contributed by atoms with Gasteiger partial charge in [-0.3, -0.25) is 4.79 Å². The van der Waals surface area contributed by atoms with E-state index >= 15 is 0 Å². The molecule has 0 aliphatic carbocycles. The summed E-state index contributed by atoms with van der Waals surface area (Å²) in [5, 5.41) is 3.09. The van der Waals surface area contributed by atoms with Crippen molar-refractivity contribution < 1.29 is 14.3 Å². The summed E-state index contributed by atoms with van der Waals surface area (Å²) in [7, 11) is 0. The van der Waals surface area contributed by atoms with Gasteiger partial charge in [0.2, 0.25) is 0 Å². The van der Waals surface area contributed by atoms with Crippen LogP contribution in [0.25, 0.3) is 0 Å². The van der Waals surface area contributed by atoms with Crippen molar-refractivity contribution >= 4 is 5.91 Å². The van der Waals surface area contributed by atoms with E-state index in [9.17, 15) is 4.79 Å². The van der Waals surface area contributed by atoms with E-state index in [-0.39, 0.29) is 11.3 Å². The van der Waals surface area contributed by atoms with E-state index in [4.69, 9.17) is 9.47 Å². The van der Waals surface area contributed by atoms with E-state index in [0.717, 1.165) is 26.1 Å². The molecule has 1 aliphatic rings. The zero-order chi connectivity index (χ0) is 17.5. The van der Waals surface area contributed by atoms with Crippen LogP contribution in [0.4, 0.5) is 0 Å². The number of carbonyl (C=O) groups excluding carboxylic acids is 1. The van der Waals surface area contributed by atoms with Gasteiger partial charge in [0, 0.05) is 25.2 Å². The zero-order valence-electron chi connectivity index (χ0n) is 14.6. The molecule has 132 valence electrons. The Morgan fingerprint density at radius 3 is 2.32 bits per heavy atom. The molecule has 1 amide bonds. The topological polar surface area (TPSA) is 47.6 Å². The van der Waals surface area contributed by atoms with Gasteiger partial charge in [-0.1, -0.05) is 48.5 Å². The van der Waals surface area contributed by atoms with Gasteiger partial charge in [0.05, 0.1) is 0 Å². The van der Waals surface area contributed by atoms with Crippen LogP contribution in [0.2, 0.25) is 0 Å². The standard InChI is InChI=1S/C21H25NO3/c1-17(25-19-10-6-3-7-11-19)20(23)22-16-21(12-14-24-15-13-21)18-8-4-2-5-9-18/h2-11,17H,12-16H2,1H3,(H,22,23)/t17-/m1/s1. The Bertz CT molecular complexity index is 666. The van der Waals surface area contributed by atoms with Gasteiger partial charge in [-0.15, -0.1) is 0 Å². The van der Waals surface area contributed by atoms with Gasteiger partial charge in [0.15, 0.2) is 6.10 Å². The summed E-state index contributed by atoms with van der Waals surface area (Å²) in [4.78, 5) is 12.5. The van der Waals surface area contributed by atoms with Crippen molar-refractivity contribution in [3.8, 4) is 5.75 Å². The van der Waals surface area contributed by atoms with Crippen LogP contribution in [-0.4, -0.2) is 31.8 Å². The number of rotatable bonds is 6. The number of carbonyl (C=O) groups is 1. The number of hydrogen-bond donors (Lipinski definition) is 1. The van der Waals surface area contributed by atoms with Gasteiger partial charge in [-0.2, -0.15) is 0 Å². The van der Waals surface area contributed by atoms with Gasteiger partial charge >= 0.3 is 0 Å². The molecule has 4 heteroatoms. The summed E-state index contributed by atoms with van der Waals surface area (Å²) in [6.07, 6.45) is 1.28. The molecule has 0 spiro atoms. The van der Waals surface area contributed by atoms with E-state index in [2.05, 4.69) is 29.6 Å².